The van der Waals surface area contributed by atoms with Gasteiger partial charge in [0.25, 0.3) is 0 Å². The lowest BCUT2D eigenvalue weighted by Crippen LogP contribution is -2.25. The number of aromatic nitrogens is 2. The van der Waals surface area contributed by atoms with E-state index in [-0.39, 0.29) is 17.4 Å². The predicted molar refractivity (Wildman–Crippen MR) is 64.1 cm³/mol. The summed E-state index contributed by atoms with van der Waals surface area (Å²) in [4.78, 5) is 4.41. The van der Waals surface area contributed by atoms with Crippen molar-refractivity contribution in [2.24, 2.45) is 11.1 Å². The summed E-state index contributed by atoms with van der Waals surface area (Å²) in [6.07, 6.45) is 1.74. The molecule has 0 aromatic carbocycles. The monoisotopic (exact) mass is 225 g/mol. The van der Waals surface area contributed by atoms with Gasteiger partial charge in [-0.25, -0.2) is 0 Å². The predicted octanol–water partition coefficient (Wildman–Crippen LogP) is 2.50. The molecule has 4 heteroatoms. The SMILES string of the molecule is CCC(N)C(C)c1nc(CC(C)(C)C)no1. The highest BCUT2D eigenvalue weighted by atomic mass is 16.5. The van der Waals surface area contributed by atoms with Crippen molar-refractivity contribution < 1.29 is 4.52 Å². The molecule has 1 aromatic rings. The first-order valence-electron chi connectivity index (χ1n) is 5.91. The Morgan fingerprint density at radius 3 is 2.50 bits per heavy atom. The van der Waals surface area contributed by atoms with Gasteiger partial charge < -0.3 is 10.3 Å². The Hall–Kier alpha value is -0.900. The van der Waals surface area contributed by atoms with Gasteiger partial charge in [0.15, 0.2) is 5.82 Å². The zero-order valence-electron chi connectivity index (χ0n) is 10.9. The number of rotatable bonds is 4. The van der Waals surface area contributed by atoms with Crippen LogP contribution in [-0.2, 0) is 6.42 Å². The van der Waals surface area contributed by atoms with Gasteiger partial charge in [0.05, 0.1) is 5.92 Å². The third-order valence-corrected chi connectivity index (χ3v) is 2.68. The summed E-state index contributed by atoms with van der Waals surface area (Å²) in [6.45, 7) is 10.6. The van der Waals surface area contributed by atoms with Gasteiger partial charge in [-0.3, -0.25) is 0 Å². The third kappa shape index (κ3) is 3.59. The normalized spacial score (nSPS) is 16.1. The molecular weight excluding hydrogens is 202 g/mol. The Morgan fingerprint density at radius 2 is 2.00 bits per heavy atom. The first-order chi connectivity index (χ1) is 7.33. The Kier molecular flexibility index (Phi) is 4.08. The zero-order chi connectivity index (χ0) is 12.3. The van der Waals surface area contributed by atoms with E-state index in [0.717, 1.165) is 18.7 Å². The minimum atomic E-state index is 0.0861. The van der Waals surface area contributed by atoms with Crippen molar-refractivity contribution in [1.29, 1.82) is 0 Å². The second-order valence-corrected chi connectivity index (χ2v) is 5.65. The second-order valence-electron chi connectivity index (χ2n) is 5.65. The van der Waals surface area contributed by atoms with Gasteiger partial charge in [0.1, 0.15) is 0 Å². The quantitative estimate of drug-likeness (QED) is 0.855. The average Bonchev–Trinajstić information content (AvgIpc) is 2.61. The van der Waals surface area contributed by atoms with E-state index in [1.165, 1.54) is 0 Å². The van der Waals surface area contributed by atoms with E-state index < -0.39 is 0 Å². The Morgan fingerprint density at radius 1 is 1.38 bits per heavy atom. The van der Waals surface area contributed by atoms with E-state index in [4.69, 9.17) is 10.3 Å². The molecule has 2 atom stereocenters. The molecule has 0 amide bonds. The first-order valence-corrected chi connectivity index (χ1v) is 5.91. The van der Waals surface area contributed by atoms with Gasteiger partial charge in [-0.2, -0.15) is 4.98 Å². The number of hydrogen-bond acceptors (Lipinski definition) is 4. The van der Waals surface area contributed by atoms with Crippen LogP contribution in [0.3, 0.4) is 0 Å². The summed E-state index contributed by atoms with van der Waals surface area (Å²) >= 11 is 0. The molecule has 0 bridgehead atoms. The molecule has 0 fully saturated rings. The average molecular weight is 225 g/mol. The molecule has 0 saturated carbocycles. The molecule has 0 spiro atoms. The van der Waals surface area contributed by atoms with Crippen LogP contribution in [0.1, 0.15) is 58.7 Å². The molecule has 0 aliphatic carbocycles. The summed E-state index contributed by atoms with van der Waals surface area (Å²) in [7, 11) is 0. The van der Waals surface area contributed by atoms with Crippen molar-refractivity contribution in [3.05, 3.63) is 11.7 Å². The van der Waals surface area contributed by atoms with Crippen molar-refractivity contribution in [2.75, 3.05) is 0 Å². The van der Waals surface area contributed by atoms with Crippen LogP contribution in [0, 0.1) is 5.41 Å². The molecular formula is C12H23N3O. The van der Waals surface area contributed by atoms with Crippen LogP contribution in [0.4, 0.5) is 0 Å². The fourth-order valence-corrected chi connectivity index (χ4v) is 1.54. The van der Waals surface area contributed by atoms with Crippen molar-refractivity contribution in [3.8, 4) is 0 Å². The van der Waals surface area contributed by atoms with E-state index in [0.29, 0.717) is 5.89 Å². The van der Waals surface area contributed by atoms with Crippen molar-refractivity contribution in [1.82, 2.24) is 10.1 Å². The van der Waals surface area contributed by atoms with Gasteiger partial charge in [-0.1, -0.05) is 39.8 Å². The van der Waals surface area contributed by atoms with Crippen molar-refractivity contribution in [2.45, 2.75) is 59.4 Å². The van der Waals surface area contributed by atoms with E-state index in [9.17, 15) is 0 Å². The third-order valence-electron chi connectivity index (χ3n) is 2.68. The number of nitrogens with two attached hydrogens (primary N) is 1. The van der Waals surface area contributed by atoms with Crippen LogP contribution >= 0.6 is 0 Å². The van der Waals surface area contributed by atoms with Crippen LogP contribution in [-0.4, -0.2) is 16.2 Å². The molecule has 92 valence electrons. The minimum absolute atomic E-state index is 0.0861. The maximum atomic E-state index is 5.96. The molecule has 1 aromatic heterocycles. The van der Waals surface area contributed by atoms with Gasteiger partial charge in [0, 0.05) is 12.5 Å². The molecule has 0 saturated heterocycles. The van der Waals surface area contributed by atoms with Gasteiger partial charge in [-0.15, -0.1) is 0 Å². The molecule has 16 heavy (non-hydrogen) atoms. The molecule has 0 aliphatic rings. The standard InChI is InChI=1S/C12H23N3O/c1-6-9(13)8(2)11-14-10(15-16-11)7-12(3,4)5/h8-9H,6-7,13H2,1-5H3. The highest BCUT2D eigenvalue weighted by Gasteiger charge is 2.21. The van der Waals surface area contributed by atoms with Crippen LogP contribution in [0.5, 0.6) is 0 Å². The summed E-state index contributed by atoms with van der Waals surface area (Å²) in [6, 6.07) is 0.0861. The van der Waals surface area contributed by atoms with Crippen LogP contribution < -0.4 is 5.73 Å². The minimum Gasteiger partial charge on any atom is -0.339 e. The summed E-state index contributed by atoms with van der Waals surface area (Å²) in [5.41, 5.74) is 6.14. The maximum Gasteiger partial charge on any atom is 0.231 e. The maximum absolute atomic E-state index is 5.96. The Labute approximate surface area is 97.6 Å². The molecule has 1 rings (SSSR count). The second kappa shape index (κ2) is 4.95. The van der Waals surface area contributed by atoms with E-state index in [2.05, 4.69) is 37.8 Å². The highest BCUT2D eigenvalue weighted by Crippen LogP contribution is 2.22. The molecule has 0 aliphatic heterocycles. The number of hydrogen-bond donors (Lipinski definition) is 1. The first kappa shape index (κ1) is 13.2. The molecule has 1 heterocycles. The lowest BCUT2D eigenvalue weighted by Gasteiger charge is -2.15. The fraction of sp³-hybridized carbons (Fsp3) is 0.833. The molecule has 4 nitrogen and oxygen atoms in total. The topological polar surface area (TPSA) is 64.9 Å². The van der Waals surface area contributed by atoms with E-state index in [1.54, 1.807) is 0 Å². The van der Waals surface area contributed by atoms with Crippen LogP contribution in [0.15, 0.2) is 4.52 Å². The van der Waals surface area contributed by atoms with Gasteiger partial charge >= 0.3 is 0 Å². The van der Waals surface area contributed by atoms with Gasteiger partial charge in [0.2, 0.25) is 5.89 Å². The van der Waals surface area contributed by atoms with Crippen LogP contribution in [0.2, 0.25) is 0 Å². The van der Waals surface area contributed by atoms with Crippen molar-refractivity contribution >= 4 is 0 Å². The smallest absolute Gasteiger partial charge is 0.231 e. The molecule has 0 radical (unpaired) electrons. The van der Waals surface area contributed by atoms with E-state index in [1.807, 2.05) is 6.92 Å². The summed E-state index contributed by atoms with van der Waals surface area (Å²) in [5.74, 6) is 1.57. The highest BCUT2D eigenvalue weighted by molar-refractivity contribution is 4.97. The zero-order valence-corrected chi connectivity index (χ0v) is 10.9. The van der Waals surface area contributed by atoms with Crippen molar-refractivity contribution in [3.63, 3.8) is 0 Å². The fourth-order valence-electron chi connectivity index (χ4n) is 1.54. The van der Waals surface area contributed by atoms with Crippen LogP contribution in [0.25, 0.3) is 0 Å². The molecule has 2 unspecified atom stereocenters. The summed E-state index contributed by atoms with van der Waals surface area (Å²) < 4.78 is 5.25. The molecule has 2 N–H and O–H groups in total. The van der Waals surface area contributed by atoms with Gasteiger partial charge in [-0.05, 0) is 11.8 Å². The Bertz CT molecular complexity index is 327. The lowest BCUT2D eigenvalue weighted by molar-refractivity contribution is 0.329. The summed E-state index contributed by atoms with van der Waals surface area (Å²) in [5, 5.41) is 4.00. The van der Waals surface area contributed by atoms with E-state index >= 15 is 0 Å². The lowest BCUT2D eigenvalue weighted by atomic mass is 9.92. The Balaban J connectivity index is 2.71. The largest absolute Gasteiger partial charge is 0.339 e. The number of nitrogens with zero attached hydrogens (tertiary/aromatic N) is 2.